The summed E-state index contributed by atoms with van der Waals surface area (Å²) in [6, 6.07) is 15.2. The average molecular weight is 442 g/mol. The number of aliphatic imine (C=N–C) groups is 1. The molecule has 7 nitrogen and oxygen atoms in total. The van der Waals surface area contributed by atoms with Crippen LogP contribution in [0.15, 0.2) is 53.5 Å². The van der Waals surface area contributed by atoms with Crippen molar-refractivity contribution in [1.82, 2.24) is 10.2 Å². The van der Waals surface area contributed by atoms with Gasteiger partial charge < -0.3 is 14.8 Å². The number of amides is 2. The third kappa shape index (κ3) is 6.01. The molecule has 0 spiro atoms. The molecule has 164 valence electrons. The number of nitrogens with zero attached hydrogens (tertiary/aromatic N) is 2. The molecule has 0 aromatic heterocycles. The first-order valence-electron chi connectivity index (χ1n) is 10.1. The van der Waals surface area contributed by atoms with Gasteiger partial charge in [0, 0.05) is 13.0 Å². The minimum Gasteiger partial charge on any atom is -0.497 e. The minimum atomic E-state index is -0.473. The fourth-order valence-electron chi connectivity index (χ4n) is 3.15. The van der Waals surface area contributed by atoms with E-state index in [4.69, 9.17) is 14.5 Å². The number of thioether (sulfide) groups is 1. The van der Waals surface area contributed by atoms with E-state index in [2.05, 4.69) is 5.32 Å². The molecular formula is C23H27N3O4S. The minimum absolute atomic E-state index is 0.0967. The summed E-state index contributed by atoms with van der Waals surface area (Å²) in [7, 11) is 3.24. The van der Waals surface area contributed by atoms with Crippen LogP contribution in [0, 0.1) is 0 Å². The van der Waals surface area contributed by atoms with Crippen LogP contribution in [0.4, 0.5) is 0 Å². The Hall–Kier alpha value is -3.00. The molecule has 2 aromatic rings. The van der Waals surface area contributed by atoms with Crippen LogP contribution in [-0.4, -0.2) is 47.9 Å². The number of methoxy groups -OCH3 is 2. The first kappa shape index (κ1) is 22.7. The van der Waals surface area contributed by atoms with Gasteiger partial charge in [-0.1, -0.05) is 36.0 Å². The Morgan fingerprint density at radius 3 is 2.16 bits per heavy atom. The van der Waals surface area contributed by atoms with Gasteiger partial charge in [-0.3, -0.25) is 19.5 Å². The average Bonchev–Trinajstić information content (AvgIpc) is 3.07. The molecule has 1 atom stereocenters. The second-order valence-electron chi connectivity index (χ2n) is 6.98. The SMILES string of the molecule is CCNC(=O)C[C@H]1SC(=NCc2ccc(OC)cc2)N(Cc2ccc(OC)cc2)C1=O. The Balaban J connectivity index is 1.78. The molecule has 0 saturated carbocycles. The highest BCUT2D eigenvalue weighted by Gasteiger charge is 2.38. The summed E-state index contributed by atoms with van der Waals surface area (Å²) in [6.07, 6.45) is 0.137. The van der Waals surface area contributed by atoms with Crippen LogP contribution in [0.25, 0.3) is 0 Å². The van der Waals surface area contributed by atoms with Gasteiger partial charge in [0.15, 0.2) is 5.17 Å². The third-order valence-electron chi connectivity index (χ3n) is 4.82. The molecule has 0 bridgehead atoms. The smallest absolute Gasteiger partial charge is 0.242 e. The Bertz CT molecular complexity index is 929. The highest BCUT2D eigenvalue weighted by atomic mass is 32.2. The van der Waals surface area contributed by atoms with Crippen LogP contribution in [0.3, 0.4) is 0 Å². The lowest BCUT2D eigenvalue weighted by Crippen LogP contribution is -2.34. The van der Waals surface area contributed by atoms with E-state index in [0.29, 0.717) is 24.8 Å². The summed E-state index contributed by atoms with van der Waals surface area (Å²) in [5, 5.41) is 2.92. The van der Waals surface area contributed by atoms with Gasteiger partial charge in [-0.25, -0.2) is 0 Å². The highest BCUT2D eigenvalue weighted by Crippen LogP contribution is 2.31. The van der Waals surface area contributed by atoms with E-state index in [0.717, 1.165) is 22.6 Å². The predicted molar refractivity (Wildman–Crippen MR) is 122 cm³/mol. The normalized spacial score (nSPS) is 17.1. The summed E-state index contributed by atoms with van der Waals surface area (Å²) in [4.78, 5) is 31.5. The van der Waals surface area contributed by atoms with Gasteiger partial charge >= 0.3 is 0 Å². The predicted octanol–water partition coefficient (Wildman–Crippen LogP) is 3.23. The van der Waals surface area contributed by atoms with Crippen molar-refractivity contribution in [2.24, 2.45) is 4.99 Å². The molecule has 2 amide bonds. The fraction of sp³-hybridized carbons (Fsp3) is 0.348. The van der Waals surface area contributed by atoms with Crippen LogP contribution >= 0.6 is 11.8 Å². The Labute approximate surface area is 186 Å². The van der Waals surface area contributed by atoms with Gasteiger partial charge in [0.05, 0.1) is 27.3 Å². The molecule has 2 aromatic carbocycles. The number of ether oxygens (including phenoxy) is 2. The quantitative estimate of drug-likeness (QED) is 0.646. The van der Waals surface area contributed by atoms with Crippen molar-refractivity contribution in [3.8, 4) is 11.5 Å². The van der Waals surface area contributed by atoms with Gasteiger partial charge in [0.25, 0.3) is 0 Å². The van der Waals surface area contributed by atoms with E-state index < -0.39 is 5.25 Å². The number of hydrogen-bond donors (Lipinski definition) is 1. The monoisotopic (exact) mass is 441 g/mol. The van der Waals surface area contributed by atoms with Crippen LogP contribution in [0.1, 0.15) is 24.5 Å². The summed E-state index contributed by atoms with van der Waals surface area (Å²) in [6.45, 7) is 3.23. The second-order valence-corrected chi connectivity index (χ2v) is 8.15. The van der Waals surface area contributed by atoms with Crippen LogP contribution in [-0.2, 0) is 22.7 Å². The summed E-state index contributed by atoms with van der Waals surface area (Å²) in [5.41, 5.74) is 1.98. The van der Waals surface area contributed by atoms with Gasteiger partial charge in [0.1, 0.15) is 16.7 Å². The zero-order chi connectivity index (χ0) is 22.2. The number of carbonyl (C=O) groups is 2. The molecule has 3 rings (SSSR count). The molecule has 1 saturated heterocycles. The molecule has 1 N–H and O–H groups in total. The maximum Gasteiger partial charge on any atom is 0.242 e. The molecule has 31 heavy (non-hydrogen) atoms. The zero-order valence-corrected chi connectivity index (χ0v) is 18.8. The van der Waals surface area contributed by atoms with Crippen molar-refractivity contribution >= 4 is 28.7 Å². The number of amidine groups is 1. The molecule has 0 aliphatic carbocycles. The Morgan fingerprint density at radius 1 is 1.03 bits per heavy atom. The molecule has 0 unspecified atom stereocenters. The lowest BCUT2D eigenvalue weighted by molar-refractivity contribution is -0.129. The number of carbonyl (C=O) groups excluding carboxylic acids is 2. The van der Waals surface area contributed by atoms with Gasteiger partial charge in [-0.2, -0.15) is 0 Å². The van der Waals surface area contributed by atoms with Crippen LogP contribution in [0.2, 0.25) is 0 Å². The maximum atomic E-state index is 13.1. The Morgan fingerprint density at radius 2 is 1.61 bits per heavy atom. The zero-order valence-electron chi connectivity index (χ0n) is 18.0. The maximum absolute atomic E-state index is 13.1. The first-order chi connectivity index (χ1) is 15.0. The fourth-order valence-corrected chi connectivity index (χ4v) is 4.29. The molecule has 0 radical (unpaired) electrons. The molecule has 1 aliphatic rings. The number of nitrogens with one attached hydrogen (secondary N) is 1. The van der Waals surface area contributed by atoms with E-state index in [1.165, 1.54) is 11.8 Å². The number of rotatable bonds is 9. The molecule has 1 aliphatic heterocycles. The van der Waals surface area contributed by atoms with Crippen molar-refractivity contribution in [1.29, 1.82) is 0 Å². The Kier molecular flexibility index (Phi) is 7.94. The molecule has 1 heterocycles. The van der Waals surface area contributed by atoms with E-state index >= 15 is 0 Å². The lowest BCUT2D eigenvalue weighted by Gasteiger charge is -2.17. The van der Waals surface area contributed by atoms with E-state index in [-0.39, 0.29) is 18.2 Å². The van der Waals surface area contributed by atoms with E-state index in [9.17, 15) is 9.59 Å². The molecule has 1 fully saturated rings. The van der Waals surface area contributed by atoms with Gasteiger partial charge in [-0.05, 0) is 42.3 Å². The van der Waals surface area contributed by atoms with Gasteiger partial charge in [-0.15, -0.1) is 0 Å². The summed E-state index contributed by atoms with van der Waals surface area (Å²) >= 11 is 1.35. The standard InChI is InChI=1S/C23H27N3O4S/c1-4-24-21(27)13-20-22(28)26(15-17-7-11-19(30-3)12-8-17)23(31-20)25-14-16-5-9-18(29-2)10-6-16/h5-12,20H,4,13-15H2,1-3H3,(H,24,27)/t20-/m1/s1. The second kappa shape index (κ2) is 10.9. The number of benzene rings is 2. The molecule has 8 heteroatoms. The van der Waals surface area contributed by atoms with Crippen molar-refractivity contribution in [3.05, 3.63) is 59.7 Å². The topological polar surface area (TPSA) is 80.2 Å². The number of hydrogen-bond acceptors (Lipinski definition) is 6. The van der Waals surface area contributed by atoms with Crippen molar-refractivity contribution in [3.63, 3.8) is 0 Å². The van der Waals surface area contributed by atoms with Crippen LogP contribution < -0.4 is 14.8 Å². The lowest BCUT2D eigenvalue weighted by atomic mass is 10.2. The molecular weight excluding hydrogens is 414 g/mol. The third-order valence-corrected chi connectivity index (χ3v) is 6.03. The first-order valence-corrected chi connectivity index (χ1v) is 11.0. The summed E-state index contributed by atoms with van der Waals surface area (Å²) in [5.74, 6) is 1.31. The van der Waals surface area contributed by atoms with Crippen molar-refractivity contribution < 1.29 is 19.1 Å². The van der Waals surface area contributed by atoms with Crippen LogP contribution in [0.5, 0.6) is 11.5 Å². The van der Waals surface area contributed by atoms with Crippen molar-refractivity contribution in [2.75, 3.05) is 20.8 Å². The van der Waals surface area contributed by atoms with Crippen molar-refractivity contribution in [2.45, 2.75) is 31.7 Å². The van der Waals surface area contributed by atoms with E-state index in [1.54, 1.807) is 19.1 Å². The van der Waals surface area contributed by atoms with Gasteiger partial charge in [0.2, 0.25) is 11.8 Å². The van der Waals surface area contributed by atoms with E-state index in [1.807, 2.05) is 55.5 Å². The largest absolute Gasteiger partial charge is 0.497 e. The highest BCUT2D eigenvalue weighted by molar-refractivity contribution is 8.15. The summed E-state index contributed by atoms with van der Waals surface area (Å²) < 4.78 is 10.4.